The van der Waals surface area contributed by atoms with Crippen molar-refractivity contribution in [2.45, 2.75) is 19.9 Å². The molecule has 0 spiro atoms. The van der Waals surface area contributed by atoms with Crippen molar-refractivity contribution >= 4 is 16.8 Å². The van der Waals surface area contributed by atoms with E-state index in [9.17, 15) is 4.79 Å². The molecule has 0 fully saturated rings. The van der Waals surface area contributed by atoms with Crippen LogP contribution in [0.5, 0.6) is 0 Å². The normalized spacial score (nSPS) is 11.0. The summed E-state index contributed by atoms with van der Waals surface area (Å²) < 4.78 is 1.77. The van der Waals surface area contributed by atoms with Crippen molar-refractivity contribution in [1.82, 2.24) is 25.3 Å². The first-order valence-electron chi connectivity index (χ1n) is 6.90. The number of aryl methyl sites for hydroxylation is 2. The van der Waals surface area contributed by atoms with Crippen molar-refractivity contribution in [2.75, 3.05) is 0 Å². The summed E-state index contributed by atoms with van der Waals surface area (Å²) in [7, 11) is 1.89. The fraction of sp³-hybridized carbons (Fsp3) is 0.267. The number of fused-ring (bicyclic) bond motifs is 1. The molecule has 21 heavy (non-hydrogen) atoms. The highest BCUT2D eigenvalue weighted by Crippen LogP contribution is 2.13. The van der Waals surface area contributed by atoms with Gasteiger partial charge >= 0.3 is 0 Å². The van der Waals surface area contributed by atoms with Crippen molar-refractivity contribution in [2.24, 2.45) is 7.05 Å². The third-order valence-corrected chi connectivity index (χ3v) is 3.47. The molecule has 0 aliphatic heterocycles. The quantitative estimate of drug-likeness (QED) is 0.766. The number of aromatic amines is 1. The lowest BCUT2D eigenvalue weighted by Gasteiger charge is -2.05. The van der Waals surface area contributed by atoms with E-state index in [4.69, 9.17) is 0 Å². The zero-order valence-electron chi connectivity index (χ0n) is 12.1. The van der Waals surface area contributed by atoms with Crippen LogP contribution in [0.1, 0.15) is 28.5 Å². The van der Waals surface area contributed by atoms with Crippen LogP contribution in [0, 0.1) is 0 Å². The summed E-state index contributed by atoms with van der Waals surface area (Å²) in [6.45, 7) is 2.54. The summed E-state index contributed by atoms with van der Waals surface area (Å²) >= 11 is 0. The Morgan fingerprint density at radius 2 is 2.29 bits per heavy atom. The minimum absolute atomic E-state index is 0.0996. The average Bonchev–Trinajstić information content (AvgIpc) is 3.09. The predicted molar refractivity (Wildman–Crippen MR) is 79.8 cm³/mol. The Kier molecular flexibility index (Phi) is 3.43. The molecule has 2 N–H and O–H groups in total. The zero-order valence-corrected chi connectivity index (χ0v) is 12.1. The molecular formula is C15H17N5O. The number of aromatic nitrogens is 4. The smallest absolute Gasteiger partial charge is 0.251 e. The van der Waals surface area contributed by atoms with Crippen molar-refractivity contribution in [3.63, 3.8) is 0 Å². The molecule has 2 aromatic heterocycles. The summed E-state index contributed by atoms with van der Waals surface area (Å²) in [5.74, 6) is -0.0996. The summed E-state index contributed by atoms with van der Waals surface area (Å²) in [6.07, 6.45) is 4.53. The number of amides is 1. The highest BCUT2D eigenvalue weighted by atomic mass is 16.1. The van der Waals surface area contributed by atoms with E-state index in [2.05, 4.69) is 27.5 Å². The topological polar surface area (TPSA) is 75.6 Å². The lowest BCUT2D eigenvalue weighted by Crippen LogP contribution is -2.23. The number of nitrogens with one attached hydrogen (secondary N) is 2. The van der Waals surface area contributed by atoms with Crippen LogP contribution in [0.4, 0.5) is 0 Å². The fourth-order valence-electron chi connectivity index (χ4n) is 2.38. The monoisotopic (exact) mass is 283 g/mol. The van der Waals surface area contributed by atoms with Gasteiger partial charge in [-0.3, -0.25) is 14.6 Å². The molecule has 6 nitrogen and oxygen atoms in total. The minimum atomic E-state index is -0.0996. The second kappa shape index (κ2) is 5.40. The van der Waals surface area contributed by atoms with Gasteiger partial charge in [-0.2, -0.15) is 10.2 Å². The number of benzene rings is 1. The number of rotatable bonds is 4. The Bertz CT molecular complexity index is 786. The van der Waals surface area contributed by atoms with Gasteiger partial charge < -0.3 is 5.32 Å². The molecule has 0 unspecified atom stereocenters. The number of H-pyrrole nitrogens is 1. The average molecular weight is 283 g/mol. The largest absolute Gasteiger partial charge is 0.348 e. The molecule has 0 saturated heterocycles. The maximum atomic E-state index is 12.2. The molecular weight excluding hydrogens is 266 g/mol. The Hall–Kier alpha value is -2.63. The lowest BCUT2D eigenvalue weighted by atomic mass is 10.1. The number of hydrogen-bond acceptors (Lipinski definition) is 3. The van der Waals surface area contributed by atoms with Crippen molar-refractivity contribution in [3.05, 3.63) is 47.4 Å². The highest BCUT2D eigenvalue weighted by Gasteiger charge is 2.10. The molecule has 3 aromatic rings. The van der Waals surface area contributed by atoms with Gasteiger partial charge in [0.05, 0.1) is 17.4 Å². The van der Waals surface area contributed by atoms with Crippen LogP contribution < -0.4 is 5.32 Å². The SMILES string of the molecule is CCc1nn(C)cc1CNC(=O)c1ccc2cn[nH]c2c1. The van der Waals surface area contributed by atoms with Gasteiger partial charge in [-0.1, -0.05) is 13.0 Å². The molecule has 6 heteroatoms. The van der Waals surface area contributed by atoms with Gasteiger partial charge in [0.25, 0.3) is 5.91 Å². The maximum Gasteiger partial charge on any atom is 0.251 e. The lowest BCUT2D eigenvalue weighted by molar-refractivity contribution is 0.0951. The van der Waals surface area contributed by atoms with E-state index in [0.717, 1.165) is 28.6 Å². The molecule has 3 rings (SSSR count). The van der Waals surface area contributed by atoms with Gasteiger partial charge in [0, 0.05) is 36.3 Å². The number of nitrogens with zero attached hydrogens (tertiary/aromatic N) is 3. The van der Waals surface area contributed by atoms with Gasteiger partial charge in [-0.05, 0) is 18.6 Å². The van der Waals surface area contributed by atoms with Crippen molar-refractivity contribution in [1.29, 1.82) is 0 Å². The third-order valence-electron chi connectivity index (χ3n) is 3.47. The van der Waals surface area contributed by atoms with Crippen LogP contribution in [0.3, 0.4) is 0 Å². The molecule has 0 saturated carbocycles. The van der Waals surface area contributed by atoms with Crippen LogP contribution in [0.15, 0.2) is 30.6 Å². The van der Waals surface area contributed by atoms with E-state index < -0.39 is 0 Å². The van der Waals surface area contributed by atoms with Crippen LogP contribution in [0.2, 0.25) is 0 Å². The number of carbonyl (C=O) groups excluding carboxylic acids is 1. The van der Waals surface area contributed by atoms with E-state index >= 15 is 0 Å². The Labute approximate surface area is 122 Å². The van der Waals surface area contributed by atoms with Crippen LogP contribution in [0.25, 0.3) is 10.9 Å². The van der Waals surface area contributed by atoms with Gasteiger partial charge in [-0.15, -0.1) is 0 Å². The summed E-state index contributed by atoms with van der Waals surface area (Å²) in [5.41, 5.74) is 3.55. The van der Waals surface area contributed by atoms with Crippen LogP contribution in [-0.4, -0.2) is 25.9 Å². The molecule has 2 heterocycles. The first-order chi connectivity index (χ1) is 10.2. The third kappa shape index (κ3) is 2.65. The summed E-state index contributed by atoms with van der Waals surface area (Å²) in [6, 6.07) is 5.49. The molecule has 0 bridgehead atoms. The van der Waals surface area contributed by atoms with Crippen LogP contribution in [-0.2, 0) is 20.0 Å². The highest BCUT2D eigenvalue weighted by molar-refractivity contribution is 5.97. The molecule has 0 aliphatic carbocycles. The first kappa shape index (κ1) is 13.4. The molecule has 0 atom stereocenters. The van der Waals surface area contributed by atoms with E-state index in [1.807, 2.05) is 25.4 Å². The van der Waals surface area contributed by atoms with E-state index in [1.54, 1.807) is 16.9 Å². The van der Waals surface area contributed by atoms with Gasteiger partial charge in [0.2, 0.25) is 0 Å². The summed E-state index contributed by atoms with van der Waals surface area (Å²) in [5, 5.41) is 15.1. The predicted octanol–water partition coefficient (Wildman–Crippen LogP) is 1.79. The van der Waals surface area contributed by atoms with E-state index in [0.29, 0.717) is 12.1 Å². The van der Waals surface area contributed by atoms with Crippen molar-refractivity contribution < 1.29 is 4.79 Å². The molecule has 0 aliphatic rings. The van der Waals surface area contributed by atoms with Crippen LogP contribution >= 0.6 is 0 Å². The van der Waals surface area contributed by atoms with Gasteiger partial charge in [-0.25, -0.2) is 0 Å². The summed E-state index contributed by atoms with van der Waals surface area (Å²) in [4.78, 5) is 12.2. The molecule has 1 aromatic carbocycles. The number of carbonyl (C=O) groups is 1. The second-order valence-corrected chi connectivity index (χ2v) is 4.98. The first-order valence-corrected chi connectivity index (χ1v) is 6.90. The minimum Gasteiger partial charge on any atom is -0.348 e. The fourth-order valence-corrected chi connectivity index (χ4v) is 2.38. The molecule has 0 radical (unpaired) electrons. The van der Waals surface area contributed by atoms with Gasteiger partial charge in [0.1, 0.15) is 0 Å². The van der Waals surface area contributed by atoms with Gasteiger partial charge in [0.15, 0.2) is 0 Å². The zero-order chi connectivity index (χ0) is 14.8. The van der Waals surface area contributed by atoms with E-state index in [1.165, 1.54) is 0 Å². The standard InChI is InChI=1S/C15H17N5O/c1-3-13-12(9-20(2)19-13)7-16-15(21)10-4-5-11-8-17-18-14(11)6-10/h4-6,8-9H,3,7H2,1-2H3,(H,16,21)(H,17,18). The Morgan fingerprint density at radius 1 is 1.43 bits per heavy atom. The molecule has 108 valence electrons. The van der Waals surface area contributed by atoms with E-state index in [-0.39, 0.29) is 5.91 Å². The molecule has 1 amide bonds. The Morgan fingerprint density at radius 3 is 3.10 bits per heavy atom. The number of hydrogen-bond donors (Lipinski definition) is 2. The maximum absolute atomic E-state index is 12.2. The van der Waals surface area contributed by atoms with Crippen molar-refractivity contribution in [3.8, 4) is 0 Å². The second-order valence-electron chi connectivity index (χ2n) is 4.98. The Balaban J connectivity index is 1.73.